The third-order valence-corrected chi connectivity index (χ3v) is 2.41. The highest BCUT2D eigenvalue weighted by molar-refractivity contribution is 5.87. The van der Waals surface area contributed by atoms with E-state index in [0.29, 0.717) is 25.3 Å². The Bertz CT molecular complexity index is 355. The minimum Gasteiger partial charge on any atom is -0.478 e. The van der Waals surface area contributed by atoms with Crippen LogP contribution in [-0.2, 0) is 0 Å². The molecule has 0 spiro atoms. The number of carboxylic acid groups (broad SMARTS) is 1. The smallest absolute Gasteiger partial charge is 0.335 e. The third-order valence-electron chi connectivity index (χ3n) is 2.41. The van der Waals surface area contributed by atoms with Crippen molar-refractivity contribution in [3.05, 3.63) is 29.8 Å². The van der Waals surface area contributed by atoms with Gasteiger partial charge in [-0.3, -0.25) is 4.90 Å². The Morgan fingerprint density at radius 1 is 0.950 bits per heavy atom. The molecule has 0 unspecified atom stereocenters. The van der Waals surface area contributed by atoms with Crippen LogP contribution in [0, 0.1) is 0 Å². The molecule has 0 radical (unpaired) electrons. The van der Waals surface area contributed by atoms with E-state index in [1.807, 2.05) is 0 Å². The summed E-state index contributed by atoms with van der Waals surface area (Å²) in [5.41, 5.74) is 6.17. The quantitative estimate of drug-likeness (QED) is 0.416. The number of aliphatic hydroxyl groups is 3. The van der Waals surface area contributed by atoms with Gasteiger partial charge in [0.15, 0.2) is 0 Å². The number of hydrogen-bond donors (Lipinski definition) is 5. The fourth-order valence-electron chi connectivity index (χ4n) is 1.39. The average molecular weight is 286 g/mol. The maximum absolute atomic E-state index is 10.3. The summed E-state index contributed by atoms with van der Waals surface area (Å²) >= 11 is 0. The molecule has 0 amide bonds. The van der Waals surface area contributed by atoms with Crippen molar-refractivity contribution in [1.29, 1.82) is 0 Å². The van der Waals surface area contributed by atoms with Gasteiger partial charge in [0.1, 0.15) is 0 Å². The molecule has 0 heterocycles. The van der Waals surface area contributed by atoms with Crippen molar-refractivity contribution < 1.29 is 25.2 Å². The van der Waals surface area contributed by atoms with Crippen molar-refractivity contribution >= 4 is 11.7 Å². The molecule has 7 heteroatoms. The molecule has 6 N–H and O–H groups in total. The number of benzene rings is 1. The highest BCUT2D eigenvalue weighted by Crippen LogP contribution is 2.04. The molecule has 0 saturated carbocycles. The summed E-state index contributed by atoms with van der Waals surface area (Å²) in [6.45, 7) is 1.75. The minimum absolute atomic E-state index is 0.0694. The molecule has 0 bridgehead atoms. The van der Waals surface area contributed by atoms with E-state index in [-0.39, 0.29) is 25.4 Å². The van der Waals surface area contributed by atoms with Crippen molar-refractivity contribution in [3.63, 3.8) is 0 Å². The molecular formula is C13H22N2O5. The molecule has 0 aliphatic rings. The zero-order valence-electron chi connectivity index (χ0n) is 11.3. The first kappa shape index (κ1) is 18.3. The average Bonchev–Trinajstić information content (AvgIpc) is 2.41. The molecule has 1 rings (SSSR count). The number of anilines is 1. The summed E-state index contributed by atoms with van der Waals surface area (Å²) in [6.07, 6.45) is 0. The summed E-state index contributed by atoms with van der Waals surface area (Å²) in [5, 5.41) is 33.9. The van der Waals surface area contributed by atoms with Gasteiger partial charge in [-0.1, -0.05) is 0 Å². The lowest BCUT2D eigenvalue weighted by molar-refractivity contribution is 0.0697. The molecule has 0 fully saturated rings. The lowest BCUT2D eigenvalue weighted by atomic mass is 10.2. The van der Waals surface area contributed by atoms with E-state index in [0.717, 1.165) is 0 Å². The van der Waals surface area contributed by atoms with Gasteiger partial charge in [0.05, 0.1) is 25.4 Å². The van der Waals surface area contributed by atoms with Gasteiger partial charge in [0.2, 0.25) is 0 Å². The number of aromatic carboxylic acids is 1. The Hall–Kier alpha value is -1.67. The van der Waals surface area contributed by atoms with E-state index < -0.39 is 5.97 Å². The predicted octanol–water partition coefficient (Wildman–Crippen LogP) is -0.768. The monoisotopic (exact) mass is 286 g/mol. The number of hydrogen-bond acceptors (Lipinski definition) is 6. The summed E-state index contributed by atoms with van der Waals surface area (Å²) in [6, 6.07) is 6.06. The van der Waals surface area contributed by atoms with Crippen molar-refractivity contribution in [1.82, 2.24) is 4.90 Å². The van der Waals surface area contributed by atoms with Crippen molar-refractivity contribution in [2.24, 2.45) is 0 Å². The molecule has 0 atom stereocenters. The van der Waals surface area contributed by atoms with Gasteiger partial charge in [-0.05, 0) is 24.3 Å². The fraction of sp³-hybridized carbons (Fsp3) is 0.462. The second-order valence-electron chi connectivity index (χ2n) is 3.94. The molecule has 0 aliphatic heterocycles. The first-order valence-electron chi connectivity index (χ1n) is 6.19. The second kappa shape index (κ2) is 11.2. The van der Waals surface area contributed by atoms with Gasteiger partial charge < -0.3 is 26.2 Å². The van der Waals surface area contributed by atoms with Crippen LogP contribution >= 0.6 is 0 Å². The maximum Gasteiger partial charge on any atom is 0.335 e. The van der Waals surface area contributed by atoms with Gasteiger partial charge in [0.25, 0.3) is 0 Å². The molecule has 1 aromatic carbocycles. The number of carboxylic acids is 1. The Kier molecular flexibility index (Phi) is 10.2. The van der Waals surface area contributed by atoms with Crippen LogP contribution in [0.1, 0.15) is 10.4 Å². The lowest BCUT2D eigenvalue weighted by Gasteiger charge is -2.17. The first-order chi connectivity index (χ1) is 9.54. The van der Waals surface area contributed by atoms with Crippen LogP contribution in [0.25, 0.3) is 0 Å². The van der Waals surface area contributed by atoms with Gasteiger partial charge >= 0.3 is 5.97 Å². The molecular weight excluding hydrogens is 264 g/mol. The summed E-state index contributed by atoms with van der Waals surface area (Å²) < 4.78 is 0. The number of aliphatic hydroxyl groups excluding tert-OH is 3. The van der Waals surface area contributed by atoms with Crippen molar-refractivity contribution in [3.8, 4) is 0 Å². The predicted molar refractivity (Wildman–Crippen MR) is 75.5 cm³/mol. The van der Waals surface area contributed by atoms with Crippen LogP contribution in [-0.4, -0.2) is 70.8 Å². The summed E-state index contributed by atoms with van der Waals surface area (Å²) in [7, 11) is 0. The minimum atomic E-state index is -0.931. The topological polar surface area (TPSA) is 127 Å². The van der Waals surface area contributed by atoms with E-state index in [4.69, 9.17) is 26.2 Å². The molecule has 20 heavy (non-hydrogen) atoms. The number of nitrogen functional groups attached to an aromatic ring is 1. The lowest BCUT2D eigenvalue weighted by Crippen LogP contribution is -2.32. The van der Waals surface area contributed by atoms with E-state index >= 15 is 0 Å². The van der Waals surface area contributed by atoms with Crippen LogP contribution < -0.4 is 5.73 Å². The van der Waals surface area contributed by atoms with Gasteiger partial charge in [-0.2, -0.15) is 0 Å². The first-order valence-corrected chi connectivity index (χ1v) is 6.19. The number of rotatable bonds is 7. The largest absolute Gasteiger partial charge is 0.478 e. The van der Waals surface area contributed by atoms with Gasteiger partial charge in [-0.25, -0.2) is 4.79 Å². The Morgan fingerprint density at radius 2 is 1.35 bits per heavy atom. The molecule has 0 aromatic heterocycles. The molecule has 7 nitrogen and oxygen atoms in total. The number of carbonyl (C=O) groups is 1. The highest BCUT2D eigenvalue weighted by Gasteiger charge is 2.00. The van der Waals surface area contributed by atoms with Crippen LogP contribution in [0.3, 0.4) is 0 Å². The SMILES string of the molecule is Nc1ccc(C(=O)O)cc1.OCCN(CCO)CCO. The zero-order chi connectivity index (χ0) is 15.4. The standard InChI is InChI=1S/C7H7NO2.C6H15NO3/c8-6-3-1-5(2-4-6)7(9)10;8-4-1-7(2-5-9)3-6-10/h1-4H,8H2,(H,9,10);8-10H,1-6H2. The van der Waals surface area contributed by atoms with E-state index in [1.165, 1.54) is 12.1 Å². The van der Waals surface area contributed by atoms with Gasteiger partial charge in [-0.15, -0.1) is 0 Å². The van der Waals surface area contributed by atoms with E-state index in [2.05, 4.69) is 0 Å². The van der Waals surface area contributed by atoms with E-state index in [1.54, 1.807) is 17.0 Å². The van der Waals surface area contributed by atoms with Crippen LogP contribution in [0.5, 0.6) is 0 Å². The molecule has 0 aliphatic carbocycles. The fourth-order valence-corrected chi connectivity index (χ4v) is 1.39. The summed E-state index contributed by atoms with van der Waals surface area (Å²) in [5.74, 6) is -0.931. The Labute approximate surface area is 117 Å². The Balaban J connectivity index is 0.000000361. The zero-order valence-corrected chi connectivity index (χ0v) is 11.3. The molecule has 1 aromatic rings. The number of nitrogens with zero attached hydrogens (tertiary/aromatic N) is 1. The third kappa shape index (κ3) is 8.44. The van der Waals surface area contributed by atoms with Crippen molar-refractivity contribution in [2.45, 2.75) is 0 Å². The van der Waals surface area contributed by atoms with Crippen molar-refractivity contribution in [2.75, 3.05) is 45.2 Å². The molecule has 0 saturated heterocycles. The maximum atomic E-state index is 10.3. The van der Waals surface area contributed by atoms with Crippen LogP contribution in [0.2, 0.25) is 0 Å². The Morgan fingerprint density at radius 3 is 1.65 bits per heavy atom. The second-order valence-corrected chi connectivity index (χ2v) is 3.94. The van der Waals surface area contributed by atoms with Gasteiger partial charge in [0, 0.05) is 25.3 Å². The number of nitrogens with two attached hydrogens (primary N) is 1. The normalized spacial score (nSPS) is 10.0. The van der Waals surface area contributed by atoms with E-state index in [9.17, 15) is 4.79 Å². The van der Waals surface area contributed by atoms with Crippen LogP contribution in [0.15, 0.2) is 24.3 Å². The van der Waals surface area contributed by atoms with Crippen LogP contribution in [0.4, 0.5) is 5.69 Å². The highest BCUT2D eigenvalue weighted by atomic mass is 16.4. The summed E-state index contributed by atoms with van der Waals surface area (Å²) in [4.78, 5) is 12.1. The molecule has 114 valence electrons.